The lowest BCUT2D eigenvalue weighted by Crippen LogP contribution is -2.53. The van der Waals surface area contributed by atoms with Gasteiger partial charge in [0.05, 0.1) is 6.54 Å². The van der Waals surface area contributed by atoms with E-state index in [0.717, 1.165) is 42.6 Å². The van der Waals surface area contributed by atoms with Crippen molar-refractivity contribution < 1.29 is 27.9 Å². The summed E-state index contributed by atoms with van der Waals surface area (Å²) in [6, 6.07) is 7.71. The third kappa shape index (κ3) is 8.09. The summed E-state index contributed by atoms with van der Waals surface area (Å²) < 4.78 is 35.3. The summed E-state index contributed by atoms with van der Waals surface area (Å²) in [6.45, 7) is 10.1. The normalized spacial score (nSPS) is 19.9. The van der Waals surface area contributed by atoms with Crippen LogP contribution in [0.1, 0.15) is 97.2 Å². The van der Waals surface area contributed by atoms with Gasteiger partial charge in [0, 0.05) is 36.1 Å². The maximum Gasteiger partial charge on any atom is 0.411 e. The second-order valence-electron chi connectivity index (χ2n) is 13.7. The molecular formula is C33H44F2N4O4. The number of alkyl halides is 2. The average Bonchev–Trinajstić information content (AvgIpc) is 3.26. The molecule has 0 bridgehead atoms. The van der Waals surface area contributed by atoms with Gasteiger partial charge in [0.2, 0.25) is 5.91 Å². The van der Waals surface area contributed by atoms with E-state index in [9.17, 15) is 23.2 Å². The Labute approximate surface area is 253 Å². The van der Waals surface area contributed by atoms with Crippen LogP contribution in [0.4, 0.5) is 19.3 Å². The molecule has 2 aliphatic rings. The van der Waals surface area contributed by atoms with Crippen LogP contribution in [0.15, 0.2) is 48.8 Å². The van der Waals surface area contributed by atoms with E-state index >= 15 is 0 Å². The highest BCUT2D eigenvalue weighted by atomic mass is 19.3. The van der Waals surface area contributed by atoms with E-state index in [1.54, 1.807) is 51.2 Å². The van der Waals surface area contributed by atoms with Crippen molar-refractivity contribution in [3.8, 4) is 0 Å². The molecule has 1 saturated heterocycles. The average molecular weight is 599 g/mol. The monoisotopic (exact) mass is 598 g/mol. The van der Waals surface area contributed by atoms with E-state index in [-0.39, 0.29) is 11.5 Å². The smallest absolute Gasteiger partial charge is 0.411 e. The molecule has 2 aromatic rings. The molecule has 3 amide bonds. The zero-order chi connectivity index (χ0) is 31.6. The lowest BCUT2D eigenvalue weighted by Gasteiger charge is -2.36. The van der Waals surface area contributed by atoms with Crippen LogP contribution in [0.5, 0.6) is 0 Å². The van der Waals surface area contributed by atoms with E-state index in [0.29, 0.717) is 11.3 Å². The van der Waals surface area contributed by atoms with Gasteiger partial charge in [0.25, 0.3) is 11.8 Å². The number of carbonyl (C=O) groups is 3. The molecule has 8 nitrogen and oxygen atoms in total. The number of rotatable bonds is 6. The van der Waals surface area contributed by atoms with Crippen molar-refractivity contribution in [1.82, 2.24) is 15.2 Å². The van der Waals surface area contributed by atoms with Gasteiger partial charge >= 0.3 is 6.09 Å². The van der Waals surface area contributed by atoms with Crippen LogP contribution in [0, 0.1) is 0 Å². The largest absolute Gasteiger partial charge is 0.444 e. The number of hydrogen-bond acceptors (Lipinski definition) is 5. The van der Waals surface area contributed by atoms with E-state index in [1.165, 1.54) is 11.1 Å². The Morgan fingerprint density at radius 2 is 1.67 bits per heavy atom. The van der Waals surface area contributed by atoms with Crippen LogP contribution in [0.2, 0.25) is 0 Å². The molecule has 234 valence electrons. The lowest BCUT2D eigenvalue weighted by molar-refractivity contribution is -0.129. The summed E-state index contributed by atoms with van der Waals surface area (Å²) >= 11 is 0. The third-order valence-electron chi connectivity index (χ3n) is 7.89. The van der Waals surface area contributed by atoms with Crippen molar-refractivity contribution in [3.05, 3.63) is 59.9 Å². The van der Waals surface area contributed by atoms with Crippen LogP contribution >= 0.6 is 0 Å². The second-order valence-corrected chi connectivity index (χ2v) is 13.7. The number of amides is 3. The topological polar surface area (TPSA) is 91.8 Å². The van der Waals surface area contributed by atoms with E-state index in [1.807, 2.05) is 12.1 Å². The van der Waals surface area contributed by atoms with Gasteiger partial charge in [0.15, 0.2) is 0 Å². The van der Waals surface area contributed by atoms with Crippen molar-refractivity contribution in [3.63, 3.8) is 0 Å². The molecule has 4 rings (SSSR count). The quantitative estimate of drug-likeness (QED) is 0.407. The van der Waals surface area contributed by atoms with Gasteiger partial charge in [-0.25, -0.2) is 13.6 Å². The third-order valence-corrected chi connectivity index (χ3v) is 7.89. The number of halogens is 2. The van der Waals surface area contributed by atoms with Crippen molar-refractivity contribution in [1.29, 1.82) is 0 Å². The Morgan fingerprint density at radius 1 is 1.02 bits per heavy atom. The number of likely N-dealkylation sites (tertiary alicyclic amines) is 1. The van der Waals surface area contributed by atoms with Crippen LogP contribution < -0.4 is 10.2 Å². The van der Waals surface area contributed by atoms with Crippen molar-refractivity contribution in [2.45, 2.75) is 115 Å². The number of nitrogens with zero attached hydrogens (tertiary/aromatic N) is 3. The fraction of sp³-hybridized carbons (Fsp3) is 0.576. The zero-order valence-corrected chi connectivity index (χ0v) is 26.0. The molecule has 2 heterocycles. The molecule has 43 heavy (non-hydrogen) atoms. The van der Waals surface area contributed by atoms with Gasteiger partial charge in [0.1, 0.15) is 17.7 Å². The molecule has 0 radical (unpaired) electrons. The van der Waals surface area contributed by atoms with Crippen molar-refractivity contribution in [2.75, 3.05) is 11.4 Å². The molecule has 1 aliphatic heterocycles. The standard InChI is InChI=1S/C33H44F2N4O4/c1-31(2,3)23-14-16-25(17-15-23)39(29(41)26-19-33(34,35)21-38(26)30(42)43-32(4,5)6)27(22-11-10-18-36-20-22)28(40)37-24-12-8-7-9-13-24/h10-11,14-18,20,24,26-27H,7-9,12-13,19,21H2,1-6H3,(H,37,40). The Kier molecular flexibility index (Phi) is 9.47. The molecule has 10 heteroatoms. The Bertz CT molecular complexity index is 1280. The number of benzene rings is 1. The minimum atomic E-state index is -3.31. The molecule has 1 N–H and O–H groups in total. The summed E-state index contributed by atoms with van der Waals surface area (Å²) in [5.74, 6) is -4.53. The molecular weight excluding hydrogens is 554 g/mol. The number of hydrogen-bond donors (Lipinski definition) is 1. The van der Waals surface area contributed by atoms with Crippen molar-refractivity contribution >= 4 is 23.6 Å². The van der Waals surface area contributed by atoms with Gasteiger partial charge in [-0.05, 0) is 62.8 Å². The first-order valence-electron chi connectivity index (χ1n) is 15.1. The molecule has 0 spiro atoms. The van der Waals surface area contributed by atoms with Gasteiger partial charge in [-0.2, -0.15) is 0 Å². The fourth-order valence-corrected chi connectivity index (χ4v) is 5.72. The Hall–Kier alpha value is -3.56. The highest BCUT2D eigenvalue weighted by Crippen LogP contribution is 2.38. The summed E-state index contributed by atoms with van der Waals surface area (Å²) in [5.41, 5.74) is 0.636. The van der Waals surface area contributed by atoms with E-state index in [4.69, 9.17) is 4.74 Å². The maximum atomic E-state index is 14.9. The molecule has 2 fully saturated rings. The summed E-state index contributed by atoms with van der Waals surface area (Å²) in [7, 11) is 0. The molecule has 1 aromatic carbocycles. The van der Waals surface area contributed by atoms with Crippen molar-refractivity contribution in [2.24, 2.45) is 0 Å². The molecule has 2 atom stereocenters. The Balaban J connectivity index is 1.81. The molecule has 1 saturated carbocycles. The number of pyridine rings is 1. The van der Waals surface area contributed by atoms with E-state index < -0.39 is 54.5 Å². The highest BCUT2D eigenvalue weighted by Gasteiger charge is 2.53. The fourth-order valence-electron chi connectivity index (χ4n) is 5.72. The van der Waals surface area contributed by atoms with Gasteiger partial charge in [-0.1, -0.05) is 58.2 Å². The predicted octanol–water partition coefficient (Wildman–Crippen LogP) is 6.55. The Morgan fingerprint density at radius 3 is 2.23 bits per heavy atom. The first-order valence-corrected chi connectivity index (χ1v) is 15.1. The number of carbonyl (C=O) groups excluding carboxylic acids is 3. The molecule has 1 aromatic heterocycles. The zero-order valence-electron chi connectivity index (χ0n) is 26.0. The number of aromatic nitrogens is 1. The summed E-state index contributed by atoms with van der Waals surface area (Å²) in [5, 5.41) is 3.12. The van der Waals surface area contributed by atoms with Gasteiger partial charge in [-0.3, -0.25) is 24.4 Å². The second kappa shape index (κ2) is 12.6. The number of ether oxygens (including phenoxy) is 1. The maximum absolute atomic E-state index is 14.9. The molecule has 2 unspecified atom stereocenters. The van der Waals surface area contributed by atoms with Crippen LogP contribution in [0.3, 0.4) is 0 Å². The summed E-state index contributed by atoms with van der Waals surface area (Å²) in [4.78, 5) is 48.0. The SMILES string of the molecule is CC(C)(C)OC(=O)N1CC(F)(F)CC1C(=O)N(c1ccc(C(C)(C)C)cc1)C(C(=O)NC1CCCCC1)c1cccnc1. The predicted molar refractivity (Wildman–Crippen MR) is 161 cm³/mol. The highest BCUT2D eigenvalue weighted by molar-refractivity contribution is 6.05. The van der Waals surface area contributed by atoms with Gasteiger partial charge in [-0.15, -0.1) is 0 Å². The van der Waals surface area contributed by atoms with Crippen LogP contribution in [0.25, 0.3) is 0 Å². The minimum Gasteiger partial charge on any atom is -0.444 e. The first kappa shape index (κ1) is 32.4. The molecule has 1 aliphatic carbocycles. The number of nitrogens with one attached hydrogen (secondary N) is 1. The van der Waals surface area contributed by atoms with Crippen LogP contribution in [-0.4, -0.2) is 57.9 Å². The lowest BCUT2D eigenvalue weighted by atomic mass is 9.87. The minimum absolute atomic E-state index is 0.0604. The summed E-state index contributed by atoms with van der Waals surface area (Å²) in [6.07, 6.45) is 5.89. The van der Waals surface area contributed by atoms with E-state index in [2.05, 4.69) is 31.1 Å². The van der Waals surface area contributed by atoms with Crippen LogP contribution in [-0.2, 0) is 19.7 Å². The number of anilines is 1. The first-order chi connectivity index (χ1) is 20.1. The van der Waals surface area contributed by atoms with Gasteiger partial charge < -0.3 is 10.1 Å².